The first-order chi connectivity index (χ1) is 9.81. The largest absolute Gasteiger partial charge is 0.375 e. The van der Waals surface area contributed by atoms with E-state index in [-0.39, 0.29) is 10.2 Å². The second-order valence-electron chi connectivity index (χ2n) is 4.32. The van der Waals surface area contributed by atoms with E-state index in [0.717, 1.165) is 12.4 Å². The Bertz CT molecular complexity index is 748. The summed E-state index contributed by atoms with van der Waals surface area (Å²) in [5.41, 5.74) is 0.931. The van der Waals surface area contributed by atoms with Crippen LogP contribution in [0.15, 0.2) is 35.5 Å². The second kappa shape index (κ2) is 6.05. The molecule has 1 aromatic carbocycles. The number of sulfonamides is 1. The number of anilines is 2. The average Bonchev–Trinajstić information content (AvgIpc) is 2.38. The van der Waals surface area contributed by atoms with Crippen molar-refractivity contribution in [3.63, 3.8) is 0 Å². The monoisotopic (exact) mass is 346 g/mol. The predicted octanol–water partition coefficient (Wildman–Crippen LogP) is 2.65. The molecule has 1 N–H and O–H groups in total. The van der Waals surface area contributed by atoms with Crippen molar-refractivity contribution in [1.29, 1.82) is 0 Å². The minimum absolute atomic E-state index is 0.0225. The Labute approximate surface area is 132 Å². The maximum absolute atomic E-state index is 12.3. The zero-order chi connectivity index (χ0) is 15.6. The van der Waals surface area contributed by atoms with Crippen LogP contribution >= 0.6 is 23.2 Å². The van der Waals surface area contributed by atoms with Crippen LogP contribution in [-0.2, 0) is 10.0 Å². The van der Waals surface area contributed by atoms with E-state index in [0.29, 0.717) is 16.4 Å². The van der Waals surface area contributed by atoms with Crippen LogP contribution in [0.4, 0.5) is 11.4 Å². The number of nitrogens with zero attached hydrogens (tertiary/aromatic N) is 3. The lowest BCUT2D eigenvalue weighted by atomic mass is 10.2. The van der Waals surface area contributed by atoms with E-state index in [9.17, 15) is 8.42 Å². The highest BCUT2D eigenvalue weighted by Gasteiger charge is 2.19. The van der Waals surface area contributed by atoms with Gasteiger partial charge in [0.25, 0.3) is 10.0 Å². The molecule has 6 nitrogen and oxygen atoms in total. The molecule has 1 heterocycles. The molecule has 2 rings (SSSR count). The fourth-order valence-corrected chi connectivity index (χ4v) is 3.09. The lowest BCUT2D eigenvalue weighted by Gasteiger charge is -2.19. The van der Waals surface area contributed by atoms with Gasteiger partial charge >= 0.3 is 0 Å². The van der Waals surface area contributed by atoms with Gasteiger partial charge in [0.15, 0.2) is 0 Å². The molecule has 0 aliphatic heterocycles. The molecule has 0 radical (unpaired) electrons. The van der Waals surface area contributed by atoms with Crippen LogP contribution in [0.1, 0.15) is 0 Å². The fraction of sp³-hybridized carbons (Fsp3) is 0.167. The molecule has 2 aromatic rings. The predicted molar refractivity (Wildman–Crippen MR) is 83.6 cm³/mol. The van der Waals surface area contributed by atoms with Gasteiger partial charge in [-0.1, -0.05) is 17.7 Å². The van der Waals surface area contributed by atoms with Gasteiger partial charge in [-0.05, 0) is 23.7 Å². The summed E-state index contributed by atoms with van der Waals surface area (Å²) in [5.74, 6) is 0. The number of hydrogen-bond acceptors (Lipinski definition) is 5. The second-order valence-corrected chi connectivity index (χ2v) is 6.75. The van der Waals surface area contributed by atoms with Crippen molar-refractivity contribution in [2.24, 2.45) is 0 Å². The van der Waals surface area contributed by atoms with Gasteiger partial charge in [0, 0.05) is 14.1 Å². The molecule has 0 unspecified atom stereocenters. The fourth-order valence-electron chi connectivity index (χ4n) is 1.70. The summed E-state index contributed by atoms with van der Waals surface area (Å²) >= 11 is 11.6. The van der Waals surface area contributed by atoms with Crippen LogP contribution in [0.2, 0.25) is 10.3 Å². The third-order valence-electron chi connectivity index (χ3n) is 2.59. The summed E-state index contributed by atoms with van der Waals surface area (Å²) in [7, 11) is -0.285. The van der Waals surface area contributed by atoms with Crippen LogP contribution in [0, 0.1) is 0 Å². The van der Waals surface area contributed by atoms with Gasteiger partial charge in [-0.15, -0.1) is 0 Å². The van der Waals surface area contributed by atoms with Crippen molar-refractivity contribution >= 4 is 44.6 Å². The van der Waals surface area contributed by atoms with E-state index in [1.54, 1.807) is 37.2 Å². The Balaban J connectivity index is 2.42. The van der Waals surface area contributed by atoms with Crippen LogP contribution in [-0.4, -0.2) is 32.5 Å². The lowest BCUT2D eigenvalue weighted by Crippen LogP contribution is -2.18. The molecule has 1 aromatic heterocycles. The molecule has 0 atom stereocenters. The Morgan fingerprint density at radius 2 is 1.76 bits per heavy atom. The zero-order valence-electron chi connectivity index (χ0n) is 11.2. The first-order valence-electron chi connectivity index (χ1n) is 5.77. The van der Waals surface area contributed by atoms with Crippen LogP contribution in [0.25, 0.3) is 0 Å². The summed E-state index contributed by atoms with van der Waals surface area (Å²) in [6.45, 7) is 0. The first-order valence-corrected chi connectivity index (χ1v) is 8.01. The Kier molecular flexibility index (Phi) is 4.55. The summed E-state index contributed by atoms with van der Waals surface area (Å²) in [6.07, 6.45) is 2.27. The summed E-state index contributed by atoms with van der Waals surface area (Å²) in [6, 6.07) is 4.96. The van der Waals surface area contributed by atoms with Gasteiger partial charge in [-0.25, -0.2) is 18.4 Å². The molecular formula is C12H12Cl2N4O2S. The van der Waals surface area contributed by atoms with Crippen LogP contribution < -0.4 is 9.62 Å². The van der Waals surface area contributed by atoms with E-state index < -0.39 is 10.0 Å². The van der Waals surface area contributed by atoms with Gasteiger partial charge in [-0.2, -0.15) is 0 Å². The minimum Gasteiger partial charge on any atom is -0.375 e. The number of rotatable bonds is 4. The van der Waals surface area contributed by atoms with Gasteiger partial charge in [0.1, 0.15) is 4.90 Å². The summed E-state index contributed by atoms with van der Waals surface area (Å²) < 4.78 is 27.1. The number of aromatic nitrogens is 2. The number of hydrogen-bond donors (Lipinski definition) is 1. The average molecular weight is 347 g/mol. The standard InChI is InChI=1S/C12H12Cl2N4O2S/c1-18(2)11-9(13)4-3-5-10(11)17-21(19,20)8-6-15-12(14)16-7-8/h3-7,17H,1-2H3. The first kappa shape index (κ1) is 15.8. The molecule has 112 valence electrons. The molecule has 0 amide bonds. The molecule has 0 fully saturated rings. The van der Waals surface area contributed by atoms with Crippen molar-refractivity contribution < 1.29 is 8.42 Å². The Hall–Kier alpha value is -1.57. The molecule has 21 heavy (non-hydrogen) atoms. The van der Waals surface area contributed by atoms with E-state index in [1.165, 1.54) is 0 Å². The minimum atomic E-state index is -3.82. The topological polar surface area (TPSA) is 75.2 Å². The maximum atomic E-state index is 12.3. The highest BCUT2D eigenvalue weighted by molar-refractivity contribution is 7.92. The molecule has 0 saturated carbocycles. The smallest absolute Gasteiger partial charge is 0.265 e. The molecule has 0 aliphatic carbocycles. The quantitative estimate of drug-likeness (QED) is 0.861. The van der Waals surface area contributed by atoms with E-state index in [2.05, 4.69) is 14.7 Å². The van der Waals surface area contributed by atoms with Crippen LogP contribution in [0.5, 0.6) is 0 Å². The Morgan fingerprint density at radius 1 is 1.14 bits per heavy atom. The van der Waals surface area contributed by atoms with E-state index in [1.807, 2.05) is 0 Å². The summed E-state index contributed by atoms with van der Waals surface area (Å²) in [4.78, 5) is 8.96. The number of benzene rings is 1. The number of halogens is 2. The molecule has 0 bridgehead atoms. The third-order valence-corrected chi connectivity index (χ3v) is 4.41. The number of para-hydroxylation sites is 1. The SMILES string of the molecule is CN(C)c1c(Cl)cccc1NS(=O)(=O)c1cnc(Cl)nc1. The van der Waals surface area contributed by atoms with Crippen molar-refractivity contribution in [2.45, 2.75) is 4.90 Å². The maximum Gasteiger partial charge on any atom is 0.265 e. The number of nitrogens with one attached hydrogen (secondary N) is 1. The summed E-state index contributed by atoms with van der Waals surface area (Å²) in [5, 5.41) is 0.415. The van der Waals surface area contributed by atoms with Crippen LogP contribution in [0.3, 0.4) is 0 Å². The van der Waals surface area contributed by atoms with Crippen molar-refractivity contribution in [1.82, 2.24) is 9.97 Å². The zero-order valence-corrected chi connectivity index (χ0v) is 13.5. The third kappa shape index (κ3) is 3.55. The normalized spacial score (nSPS) is 11.2. The molecule has 9 heteroatoms. The van der Waals surface area contributed by atoms with Crippen molar-refractivity contribution in [3.05, 3.63) is 40.9 Å². The highest BCUT2D eigenvalue weighted by Crippen LogP contribution is 2.33. The van der Waals surface area contributed by atoms with E-state index >= 15 is 0 Å². The highest BCUT2D eigenvalue weighted by atomic mass is 35.5. The van der Waals surface area contributed by atoms with E-state index in [4.69, 9.17) is 23.2 Å². The molecule has 0 spiro atoms. The Morgan fingerprint density at radius 3 is 2.33 bits per heavy atom. The molecule has 0 saturated heterocycles. The molecule has 0 aliphatic rings. The van der Waals surface area contributed by atoms with Crippen molar-refractivity contribution in [2.75, 3.05) is 23.7 Å². The van der Waals surface area contributed by atoms with Gasteiger partial charge < -0.3 is 4.90 Å². The van der Waals surface area contributed by atoms with Crippen molar-refractivity contribution in [3.8, 4) is 0 Å². The lowest BCUT2D eigenvalue weighted by molar-refractivity contribution is 0.600. The molecular weight excluding hydrogens is 335 g/mol. The van der Waals surface area contributed by atoms with Gasteiger partial charge in [0.2, 0.25) is 5.28 Å². The van der Waals surface area contributed by atoms with Gasteiger partial charge in [0.05, 0.1) is 28.8 Å². The van der Waals surface area contributed by atoms with Gasteiger partial charge in [-0.3, -0.25) is 4.72 Å².